The van der Waals surface area contributed by atoms with Crippen LogP contribution in [-0.4, -0.2) is 17.7 Å². The predicted octanol–water partition coefficient (Wildman–Crippen LogP) is 1.09. The number of rotatable bonds is 6. The van der Waals surface area contributed by atoms with Gasteiger partial charge in [0.05, 0.1) is 0 Å². The van der Waals surface area contributed by atoms with Crippen molar-refractivity contribution in [2.24, 2.45) is 0 Å². The van der Waals surface area contributed by atoms with Crippen LogP contribution in [0.1, 0.15) is 52.4 Å². The van der Waals surface area contributed by atoms with E-state index in [1.807, 2.05) is 0 Å². The number of carbonyl (C=O) groups excluding carboxylic acids is 1. The zero-order valence-corrected chi connectivity index (χ0v) is 10.5. The van der Waals surface area contributed by atoms with Crippen LogP contribution in [0.2, 0.25) is 0 Å². The smallest absolute Gasteiger partial charge is 0.550 e. The van der Waals surface area contributed by atoms with Crippen molar-refractivity contribution < 1.29 is 37.4 Å². The van der Waals surface area contributed by atoms with E-state index in [4.69, 9.17) is 5.11 Å². The standard InChI is InChI=1S/C8H16O2.C2H6O.Ag/c1-2-3-4-5-6-7-8(9)10;1-2-3;/h2-7H2,1H3,(H,9,10);3H,2H2,1H3;/q;;+1/p-1. The van der Waals surface area contributed by atoms with Gasteiger partial charge >= 0.3 is 22.4 Å². The summed E-state index contributed by atoms with van der Waals surface area (Å²) in [5.41, 5.74) is 0. The number of carboxylic acids is 1. The number of aliphatic hydroxyl groups is 1. The van der Waals surface area contributed by atoms with Crippen LogP contribution in [0.25, 0.3) is 0 Å². The topological polar surface area (TPSA) is 60.4 Å². The molecule has 14 heavy (non-hydrogen) atoms. The first-order valence-corrected chi connectivity index (χ1v) is 4.99. The average molecular weight is 297 g/mol. The summed E-state index contributed by atoms with van der Waals surface area (Å²) in [6, 6.07) is 0. The van der Waals surface area contributed by atoms with E-state index in [1.54, 1.807) is 6.92 Å². The van der Waals surface area contributed by atoms with E-state index in [-0.39, 0.29) is 35.4 Å². The Kier molecular flexibility index (Phi) is 26.5. The van der Waals surface area contributed by atoms with Crippen molar-refractivity contribution >= 4 is 5.97 Å². The number of hydrogen-bond donors (Lipinski definition) is 1. The van der Waals surface area contributed by atoms with E-state index in [9.17, 15) is 9.90 Å². The van der Waals surface area contributed by atoms with E-state index in [0.717, 1.165) is 19.3 Å². The molecule has 0 spiro atoms. The zero-order valence-electron chi connectivity index (χ0n) is 9.01. The van der Waals surface area contributed by atoms with Gasteiger partial charge in [0.15, 0.2) is 0 Å². The predicted molar refractivity (Wildman–Crippen MR) is 51.1 cm³/mol. The molecule has 0 radical (unpaired) electrons. The summed E-state index contributed by atoms with van der Waals surface area (Å²) in [5.74, 6) is -0.920. The second-order valence-corrected chi connectivity index (χ2v) is 2.85. The molecule has 0 aromatic rings. The van der Waals surface area contributed by atoms with Crippen LogP contribution in [0, 0.1) is 0 Å². The van der Waals surface area contributed by atoms with Crippen LogP contribution in [0.3, 0.4) is 0 Å². The first-order chi connectivity index (χ1) is 6.18. The van der Waals surface area contributed by atoms with E-state index >= 15 is 0 Å². The maximum absolute atomic E-state index is 9.92. The van der Waals surface area contributed by atoms with Crippen molar-refractivity contribution in [3.8, 4) is 0 Å². The van der Waals surface area contributed by atoms with Gasteiger partial charge in [0.25, 0.3) is 0 Å². The first-order valence-electron chi connectivity index (χ1n) is 4.99. The minimum atomic E-state index is -0.920. The molecular formula is C10H21AgO3. The zero-order chi connectivity index (χ0) is 10.5. The molecule has 0 aliphatic carbocycles. The third kappa shape index (κ3) is 29.5. The molecule has 1 N–H and O–H groups in total. The Hall–Kier alpha value is 0.170. The van der Waals surface area contributed by atoms with Crippen LogP contribution in [0.4, 0.5) is 0 Å². The maximum Gasteiger partial charge on any atom is 1.00 e. The molecule has 3 nitrogen and oxygen atoms in total. The second kappa shape index (κ2) is 18.9. The molecule has 0 heterocycles. The maximum atomic E-state index is 9.92. The quantitative estimate of drug-likeness (QED) is 0.590. The van der Waals surface area contributed by atoms with Crippen LogP contribution >= 0.6 is 0 Å². The molecule has 0 saturated heterocycles. The monoisotopic (exact) mass is 296 g/mol. The Morgan fingerprint density at radius 2 is 1.57 bits per heavy atom. The fourth-order valence-electron chi connectivity index (χ4n) is 0.873. The molecule has 0 aliphatic rings. The number of aliphatic hydroxyl groups excluding tert-OH is 1. The summed E-state index contributed by atoms with van der Waals surface area (Å²) in [7, 11) is 0. The Morgan fingerprint density at radius 3 is 1.93 bits per heavy atom. The van der Waals surface area contributed by atoms with Gasteiger partial charge in [-0.25, -0.2) is 0 Å². The molecule has 0 amide bonds. The number of carbonyl (C=O) groups is 1. The molecule has 0 unspecified atom stereocenters. The van der Waals surface area contributed by atoms with E-state index in [0.29, 0.717) is 0 Å². The molecule has 4 heteroatoms. The molecule has 0 aromatic heterocycles. The molecule has 0 atom stereocenters. The Morgan fingerprint density at radius 1 is 1.14 bits per heavy atom. The SMILES string of the molecule is CCCCCCCC(=O)[O-].CCO.[Ag+]. The van der Waals surface area contributed by atoms with Gasteiger partial charge in [-0.15, -0.1) is 0 Å². The van der Waals surface area contributed by atoms with Gasteiger partial charge in [0.1, 0.15) is 0 Å². The minimum absolute atomic E-state index is 0. The first kappa shape index (κ1) is 19.7. The summed E-state index contributed by atoms with van der Waals surface area (Å²) in [4.78, 5) is 9.92. The van der Waals surface area contributed by atoms with Crippen LogP contribution in [0.5, 0.6) is 0 Å². The number of carboxylic acid groups (broad SMARTS) is 1. The molecule has 0 fully saturated rings. The van der Waals surface area contributed by atoms with E-state index < -0.39 is 5.97 Å². The molecule has 0 aromatic carbocycles. The summed E-state index contributed by atoms with van der Waals surface area (Å²) in [5, 5.41) is 17.5. The minimum Gasteiger partial charge on any atom is -0.550 e. The van der Waals surface area contributed by atoms with Crippen molar-refractivity contribution in [1.29, 1.82) is 0 Å². The molecule has 90 valence electrons. The van der Waals surface area contributed by atoms with Crippen molar-refractivity contribution in [1.82, 2.24) is 0 Å². The van der Waals surface area contributed by atoms with Gasteiger partial charge in [-0.2, -0.15) is 0 Å². The number of unbranched alkanes of at least 4 members (excludes halogenated alkanes) is 4. The van der Waals surface area contributed by atoms with Crippen molar-refractivity contribution in [2.75, 3.05) is 6.61 Å². The van der Waals surface area contributed by atoms with Gasteiger partial charge in [-0.1, -0.05) is 32.6 Å². The fourth-order valence-corrected chi connectivity index (χ4v) is 0.873. The molecule has 0 aliphatic heterocycles. The summed E-state index contributed by atoms with van der Waals surface area (Å²) < 4.78 is 0. The summed E-state index contributed by atoms with van der Waals surface area (Å²) in [6.45, 7) is 4.07. The number of hydrogen-bond acceptors (Lipinski definition) is 3. The molecular weight excluding hydrogens is 276 g/mol. The van der Waals surface area contributed by atoms with Gasteiger partial charge in [0.2, 0.25) is 0 Å². The van der Waals surface area contributed by atoms with Gasteiger partial charge < -0.3 is 15.0 Å². The van der Waals surface area contributed by atoms with Crippen LogP contribution < -0.4 is 5.11 Å². The fraction of sp³-hybridized carbons (Fsp3) is 0.900. The van der Waals surface area contributed by atoms with Gasteiger partial charge in [-0.3, -0.25) is 0 Å². The number of aliphatic carboxylic acids is 1. The van der Waals surface area contributed by atoms with Crippen molar-refractivity contribution in [3.05, 3.63) is 0 Å². The van der Waals surface area contributed by atoms with E-state index in [2.05, 4.69) is 6.92 Å². The Bertz CT molecular complexity index is 108. The normalized spacial score (nSPS) is 8.21. The van der Waals surface area contributed by atoms with E-state index in [1.165, 1.54) is 12.8 Å². The second-order valence-electron chi connectivity index (χ2n) is 2.85. The molecule has 0 saturated carbocycles. The third-order valence-corrected chi connectivity index (χ3v) is 1.48. The molecule has 0 bridgehead atoms. The summed E-state index contributed by atoms with van der Waals surface area (Å²) >= 11 is 0. The summed E-state index contributed by atoms with van der Waals surface area (Å²) in [6.07, 6.45) is 5.61. The average Bonchev–Trinajstić information content (AvgIpc) is 2.05. The van der Waals surface area contributed by atoms with Crippen molar-refractivity contribution in [3.63, 3.8) is 0 Å². The van der Waals surface area contributed by atoms with Gasteiger partial charge in [0, 0.05) is 12.6 Å². The van der Waals surface area contributed by atoms with Crippen LogP contribution in [-0.2, 0) is 27.2 Å². The Labute approximate surface area is 102 Å². The van der Waals surface area contributed by atoms with Gasteiger partial charge in [-0.05, 0) is 19.8 Å². The molecule has 0 rings (SSSR count). The third-order valence-electron chi connectivity index (χ3n) is 1.48. The Balaban J connectivity index is -0.000000267. The largest absolute Gasteiger partial charge is 1.00 e. The van der Waals surface area contributed by atoms with Crippen molar-refractivity contribution in [2.45, 2.75) is 52.4 Å². The van der Waals surface area contributed by atoms with Crippen LogP contribution in [0.15, 0.2) is 0 Å².